The molecule has 0 spiro atoms. The second-order valence-electron chi connectivity index (χ2n) is 8.81. The van der Waals surface area contributed by atoms with Gasteiger partial charge in [0.05, 0.1) is 18.8 Å². The molecule has 3 aromatic carbocycles. The third kappa shape index (κ3) is 3.13. The molecule has 1 fully saturated rings. The highest BCUT2D eigenvalue weighted by atomic mass is 35.5. The monoisotopic (exact) mass is 487 g/mol. The van der Waals surface area contributed by atoms with E-state index in [2.05, 4.69) is 35.0 Å². The Balaban J connectivity index is 1.54. The number of carbonyl (C=O) groups excluding carboxylic acids is 1. The predicted molar refractivity (Wildman–Crippen MR) is 139 cm³/mol. The van der Waals surface area contributed by atoms with Gasteiger partial charge in [-0.15, -0.1) is 0 Å². The highest BCUT2D eigenvalue weighted by Gasteiger charge is 2.51. The van der Waals surface area contributed by atoms with Crippen LogP contribution in [0, 0.1) is 6.92 Å². The van der Waals surface area contributed by atoms with Crippen LogP contribution in [-0.4, -0.2) is 34.1 Å². The molecule has 1 saturated heterocycles. The summed E-state index contributed by atoms with van der Waals surface area (Å²) in [6.45, 7) is 2.09. The molecule has 2 atom stereocenters. The first-order chi connectivity index (χ1) is 16.5. The number of hydrogen-bond acceptors (Lipinski definition) is 3. The first kappa shape index (κ1) is 21.2. The number of H-pyrrole nitrogens is 1. The minimum Gasteiger partial charge on any atom is -0.497 e. The number of aromatic nitrogens is 1. The van der Waals surface area contributed by atoms with E-state index in [0.717, 1.165) is 27.9 Å². The van der Waals surface area contributed by atoms with Crippen molar-refractivity contribution in [1.82, 2.24) is 9.88 Å². The van der Waals surface area contributed by atoms with E-state index in [-0.39, 0.29) is 11.9 Å². The summed E-state index contributed by atoms with van der Waals surface area (Å²) in [7, 11) is 1.65. The highest BCUT2D eigenvalue weighted by Crippen LogP contribution is 2.45. The van der Waals surface area contributed by atoms with Gasteiger partial charge in [-0.1, -0.05) is 41.4 Å². The van der Waals surface area contributed by atoms with E-state index in [9.17, 15) is 4.79 Å². The van der Waals surface area contributed by atoms with Gasteiger partial charge in [-0.25, -0.2) is 0 Å². The van der Waals surface area contributed by atoms with Gasteiger partial charge in [0.15, 0.2) is 5.11 Å². The number of nitrogens with one attached hydrogen (secondary N) is 1. The van der Waals surface area contributed by atoms with Gasteiger partial charge in [0.1, 0.15) is 11.8 Å². The van der Waals surface area contributed by atoms with Gasteiger partial charge < -0.3 is 14.6 Å². The lowest BCUT2D eigenvalue weighted by atomic mass is 9.88. The number of methoxy groups -OCH3 is 1. The average molecular weight is 488 g/mol. The van der Waals surface area contributed by atoms with Crippen molar-refractivity contribution < 1.29 is 9.53 Å². The molecule has 0 aliphatic carbocycles. The molecular weight excluding hydrogens is 466 g/mol. The van der Waals surface area contributed by atoms with Gasteiger partial charge in [0.25, 0.3) is 5.91 Å². The zero-order chi connectivity index (χ0) is 23.6. The van der Waals surface area contributed by atoms with Gasteiger partial charge in [-0.3, -0.25) is 9.69 Å². The number of hydrogen-bond donors (Lipinski definition) is 1. The lowest BCUT2D eigenvalue weighted by Crippen LogP contribution is -2.44. The van der Waals surface area contributed by atoms with Crippen molar-refractivity contribution in [3.63, 3.8) is 0 Å². The summed E-state index contributed by atoms with van der Waals surface area (Å²) in [4.78, 5) is 21.1. The fraction of sp³-hybridized carbons (Fsp3) is 0.185. The summed E-state index contributed by atoms with van der Waals surface area (Å²) in [5.74, 6) is 0.752. The van der Waals surface area contributed by atoms with Crippen molar-refractivity contribution in [3.05, 3.63) is 94.1 Å². The van der Waals surface area contributed by atoms with E-state index in [0.29, 0.717) is 22.2 Å². The van der Waals surface area contributed by atoms with E-state index in [4.69, 9.17) is 28.6 Å². The Morgan fingerprint density at radius 3 is 2.62 bits per heavy atom. The second kappa shape index (κ2) is 7.86. The molecule has 3 heterocycles. The summed E-state index contributed by atoms with van der Waals surface area (Å²) >= 11 is 12.2. The third-order valence-electron chi connectivity index (χ3n) is 6.80. The van der Waals surface area contributed by atoms with Gasteiger partial charge >= 0.3 is 0 Å². The number of ether oxygens (including phenoxy) is 1. The van der Waals surface area contributed by atoms with Gasteiger partial charge in [0.2, 0.25) is 0 Å². The van der Waals surface area contributed by atoms with Crippen LogP contribution in [0.4, 0.5) is 5.69 Å². The second-order valence-corrected chi connectivity index (χ2v) is 9.61. The molecule has 4 aromatic rings. The molecule has 1 aromatic heterocycles. The first-order valence-electron chi connectivity index (χ1n) is 11.1. The molecule has 0 radical (unpaired) electrons. The van der Waals surface area contributed by atoms with E-state index >= 15 is 0 Å². The molecule has 0 bridgehead atoms. The van der Waals surface area contributed by atoms with Gasteiger partial charge in [-0.05, 0) is 72.7 Å². The van der Waals surface area contributed by atoms with Crippen LogP contribution in [0.1, 0.15) is 28.4 Å². The Labute approximate surface area is 207 Å². The van der Waals surface area contributed by atoms with Crippen LogP contribution < -0.4 is 9.64 Å². The number of anilines is 1. The molecule has 5 nitrogen and oxygen atoms in total. The van der Waals surface area contributed by atoms with Crippen molar-refractivity contribution >= 4 is 51.4 Å². The number of rotatable bonds is 3. The summed E-state index contributed by atoms with van der Waals surface area (Å²) in [6.07, 6.45) is 0.585. The zero-order valence-electron chi connectivity index (χ0n) is 18.7. The number of halogens is 1. The number of thiocarbonyl (C=S) groups is 1. The lowest BCUT2D eigenvalue weighted by Gasteiger charge is -2.37. The molecule has 7 heteroatoms. The number of aromatic amines is 1. The smallest absolute Gasteiger partial charge is 0.256 e. The molecule has 2 aliphatic rings. The fourth-order valence-corrected chi connectivity index (χ4v) is 5.83. The normalized spacial score (nSPS) is 19.5. The molecule has 1 N–H and O–H groups in total. The lowest BCUT2D eigenvalue weighted by molar-refractivity contribution is -0.120. The Bertz CT molecular complexity index is 1460. The molecular formula is C27H22ClN3O2S. The summed E-state index contributed by atoms with van der Waals surface area (Å²) in [5, 5.41) is 2.21. The molecule has 2 aliphatic heterocycles. The Hall–Kier alpha value is -3.35. The molecule has 6 rings (SSSR count). The summed E-state index contributed by atoms with van der Waals surface area (Å²) in [5.41, 5.74) is 6.23. The summed E-state index contributed by atoms with van der Waals surface area (Å²) in [6, 6.07) is 21.0. The summed E-state index contributed by atoms with van der Waals surface area (Å²) < 4.78 is 5.38. The van der Waals surface area contributed by atoms with Gasteiger partial charge in [-0.2, -0.15) is 0 Å². The molecule has 0 saturated carbocycles. The number of fused-ring (bicyclic) bond motifs is 4. The van der Waals surface area contributed by atoms with E-state index in [1.54, 1.807) is 24.1 Å². The van der Waals surface area contributed by atoms with Crippen LogP contribution in [0.15, 0.2) is 66.7 Å². The minimum absolute atomic E-state index is 0.0292. The largest absolute Gasteiger partial charge is 0.497 e. The number of nitrogens with zero attached hydrogens (tertiary/aromatic N) is 2. The molecule has 34 heavy (non-hydrogen) atoms. The molecule has 170 valence electrons. The van der Waals surface area contributed by atoms with Crippen molar-refractivity contribution in [2.24, 2.45) is 0 Å². The Morgan fingerprint density at radius 2 is 1.88 bits per heavy atom. The standard InChI is InChI=1S/C27H22ClN3O2S/c1-15-6-11-22-20(12-15)21-14-23-26(32)30(18-5-3-4-17(28)13-18)27(34)31(23)25(24(21)29-22)16-7-9-19(33-2)10-8-16/h3-13,23,25,29H,14H2,1-2H3. The van der Waals surface area contributed by atoms with Crippen LogP contribution in [0.25, 0.3) is 10.9 Å². The van der Waals surface area contributed by atoms with E-state index in [1.165, 1.54) is 11.1 Å². The van der Waals surface area contributed by atoms with Crippen LogP contribution >= 0.6 is 23.8 Å². The fourth-order valence-electron chi connectivity index (χ4n) is 5.22. The predicted octanol–water partition coefficient (Wildman–Crippen LogP) is 5.79. The quantitative estimate of drug-likeness (QED) is 0.372. The van der Waals surface area contributed by atoms with E-state index < -0.39 is 6.04 Å². The van der Waals surface area contributed by atoms with E-state index in [1.807, 2.05) is 36.4 Å². The Kier molecular flexibility index (Phi) is 4.90. The SMILES string of the molecule is COc1ccc(C2c3[nH]c4ccc(C)cc4c3CC3C(=O)N(c4cccc(Cl)c4)C(=S)N32)cc1. The topological polar surface area (TPSA) is 48.6 Å². The maximum absolute atomic E-state index is 13.8. The van der Waals surface area contributed by atoms with Crippen LogP contribution in [0.2, 0.25) is 5.02 Å². The number of amides is 1. The highest BCUT2D eigenvalue weighted by molar-refractivity contribution is 7.80. The first-order valence-corrected chi connectivity index (χ1v) is 11.9. The maximum Gasteiger partial charge on any atom is 0.256 e. The van der Waals surface area contributed by atoms with Crippen molar-refractivity contribution in [2.45, 2.75) is 25.4 Å². The van der Waals surface area contributed by atoms with Gasteiger partial charge in [0, 0.05) is 28.0 Å². The van der Waals surface area contributed by atoms with Crippen molar-refractivity contribution in [2.75, 3.05) is 12.0 Å². The number of carbonyl (C=O) groups is 1. The zero-order valence-corrected chi connectivity index (χ0v) is 20.3. The maximum atomic E-state index is 13.8. The third-order valence-corrected chi connectivity index (χ3v) is 7.42. The minimum atomic E-state index is -0.398. The van der Waals surface area contributed by atoms with Crippen LogP contribution in [0.5, 0.6) is 5.75 Å². The number of benzene rings is 3. The van der Waals surface area contributed by atoms with Crippen LogP contribution in [0.3, 0.4) is 0 Å². The number of aryl methyl sites for hydroxylation is 1. The molecule has 1 amide bonds. The Morgan fingerprint density at radius 1 is 1.09 bits per heavy atom. The average Bonchev–Trinajstić information content (AvgIpc) is 3.32. The van der Waals surface area contributed by atoms with Crippen molar-refractivity contribution in [1.29, 1.82) is 0 Å². The van der Waals surface area contributed by atoms with Crippen LogP contribution in [-0.2, 0) is 11.2 Å². The molecule has 2 unspecified atom stereocenters. The van der Waals surface area contributed by atoms with Crippen molar-refractivity contribution in [3.8, 4) is 5.75 Å².